The Morgan fingerprint density at radius 1 is 1.65 bits per heavy atom. The molecule has 1 aromatic rings. The predicted octanol–water partition coefficient (Wildman–Crippen LogP) is -1.51. The van der Waals surface area contributed by atoms with Crippen LogP contribution < -0.4 is 10.6 Å². The van der Waals surface area contributed by atoms with Crippen molar-refractivity contribution in [3.8, 4) is 0 Å². The number of imide groups is 1. The van der Waals surface area contributed by atoms with Gasteiger partial charge >= 0.3 is 0 Å². The highest BCUT2D eigenvalue weighted by Crippen LogP contribution is 2.02. The highest BCUT2D eigenvalue weighted by molar-refractivity contribution is 6.06. The maximum atomic E-state index is 11.6. The van der Waals surface area contributed by atoms with E-state index in [-0.39, 0.29) is 24.7 Å². The molecule has 1 atom stereocenters. The Balaban J connectivity index is 1.92. The van der Waals surface area contributed by atoms with Gasteiger partial charge in [0.1, 0.15) is 11.9 Å². The molecule has 2 rings (SSSR count). The van der Waals surface area contributed by atoms with Crippen molar-refractivity contribution < 1.29 is 14.4 Å². The predicted molar refractivity (Wildman–Crippen MR) is 56.6 cm³/mol. The molecule has 1 aliphatic rings. The summed E-state index contributed by atoms with van der Waals surface area (Å²) in [5.74, 6) is -0.540. The molecule has 0 aromatic carbocycles. The van der Waals surface area contributed by atoms with Crippen LogP contribution in [0.15, 0.2) is 12.4 Å². The van der Waals surface area contributed by atoms with Gasteiger partial charge in [-0.3, -0.25) is 19.7 Å². The third kappa shape index (κ3) is 2.49. The Morgan fingerprint density at radius 3 is 2.94 bits per heavy atom. The summed E-state index contributed by atoms with van der Waals surface area (Å²) in [6, 6.07) is -0.754. The van der Waals surface area contributed by atoms with Crippen LogP contribution in [0.3, 0.4) is 0 Å². The number of aromatic nitrogens is 2. The van der Waals surface area contributed by atoms with E-state index in [9.17, 15) is 14.4 Å². The van der Waals surface area contributed by atoms with Gasteiger partial charge in [-0.15, -0.1) is 0 Å². The maximum Gasteiger partial charge on any atom is 0.249 e. The summed E-state index contributed by atoms with van der Waals surface area (Å²) < 4.78 is 1.72. The van der Waals surface area contributed by atoms with Crippen molar-refractivity contribution in [3.63, 3.8) is 0 Å². The average molecular weight is 236 g/mol. The number of rotatable bonds is 3. The summed E-state index contributed by atoms with van der Waals surface area (Å²) in [5.41, 5.74) is 0. The van der Waals surface area contributed by atoms with E-state index in [1.165, 1.54) is 0 Å². The molecule has 90 valence electrons. The first-order chi connectivity index (χ1) is 8.06. The molecular weight excluding hydrogens is 224 g/mol. The van der Waals surface area contributed by atoms with Crippen LogP contribution in [0.1, 0.15) is 12.2 Å². The number of hydrogen-bond donors (Lipinski definition) is 2. The van der Waals surface area contributed by atoms with E-state index in [4.69, 9.17) is 0 Å². The fraction of sp³-hybridized carbons (Fsp3) is 0.400. The van der Waals surface area contributed by atoms with Crippen LogP contribution in [0.5, 0.6) is 0 Å². The van der Waals surface area contributed by atoms with Crippen molar-refractivity contribution in [1.29, 1.82) is 0 Å². The largest absolute Gasteiger partial charge is 0.343 e. The smallest absolute Gasteiger partial charge is 0.249 e. The summed E-state index contributed by atoms with van der Waals surface area (Å²) >= 11 is 0. The molecule has 1 aliphatic heterocycles. The summed E-state index contributed by atoms with van der Waals surface area (Å²) in [6.45, 7) is 0. The van der Waals surface area contributed by atoms with E-state index in [2.05, 4.69) is 15.6 Å². The van der Waals surface area contributed by atoms with Crippen molar-refractivity contribution in [2.24, 2.45) is 7.05 Å². The third-order valence-electron chi connectivity index (χ3n) is 2.54. The second-order valence-electron chi connectivity index (χ2n) is 3.87. The highest BCUT2D eigenvalue weighted by Gasteiger charge is 2.31. The first kappa shape index (κ1) is 11.3. The Hall–Kier alpha value is -2.18. The van der Waals surface area contributed by atoms with Crippen molar-refractivity contribution >= 4 is 17.7 Å². The normalized spacial score (nSPS) is 19.2. The first-order valence-corrected chi connectivity index (χ1v) is 5.15. The Labute approximate surface area is 97.2 Å². The minimum absolute atomic E-state index is 0.00510. The summed E-state index contributed by atoms with van der Waals surface area (Å²) in [4.78, 5) is 37.8. The van der Waals surface area contributed by atoms with Crippen molar-refractivity contribution in [3.05, 3.63) is 18.2 Å². The SMILES string of the molecule is Cn1ccnc1CC(=O)NC1CC(=O)NC1=O. The van der Waals surface area contributed by atoms with Crippen LogP contribution in [-0.2, 0) is 27.9 Å². The van der Waals surface area contributed by atoms with Gasteiger partial charge in [-0.1, -0.05) is 0 Å². The van der Waals surface area contributed by atoms with Crippen molar-refractivity contribution in [2.75, 3.05) is 0 Å². The Morgan fingerprint density at radius 2 is 2.41 bits per heavy atom. The lowest BCUT2D eigenvalue weighted by molar-refractivity contribution is -0.128. The molecule has 1 unspecified atom stereocenters. The average Bonchev–Trinajstić information content (AvgIpc) is 2.75. The van der Waals surface area contributed by atoms with Gasteiger partial charge in [0.05, 0.1) is 12.8 Å². The molecule has 0 bridgehead atoms. The zero-order valence-corrected chi connectivity index (χ0v) is 9.27. The molecule has 2 N–H and O–H groups in total. The number of nitrogens with one attached hydrogen (secondary N) is 2. The fourth-order valence-corrected chi connectivity index (χ4v) is 1.63. The number of hydrogen-bond acceptors (Lipinski definition) is 4. The minimum atomic E-state index is -0.754. The van der Waals surface area contributed by atoms with Gasteiger partial charge in [0, 0.05) is 19.4 Å². The van der Waals surface area contributed by atoms with Crippen LogP contribution in [0.2, 0.25) is 0 Å². The minimum Gasteiger partial charge on any atom is -0.343 e. The molecule has 2 heterocycles. The van der Waals surface area contributed by atoms with E-state index in [0.29, 0.717) is 5.82 Å². The van der Waals surface area contributed by atoms with Crippen LogP contribution in [0.4, 0.5) is 0 Å². The third-order valence-corrected chi connectivity index (χ3v) is 2.54. The molecule has 0 spiro atoms. The number of imidazole rings is 1. The van der Waals surface area contributed by atoms with Gasteiger partial charge in [0.25, 0.3) is 0 Å². The summed E-state index contributed by atoms with van der Waals surface area (Å²) in [6.07, 6.45) is 3.41. The molecule has 7 nitrogen and oxygen atoms in total. The lowest BCUT2D eigenvalue weighted by atomic mass is 10.2. The Kier molecular flexibility index (Phi) is 2.90. The van der Waals surface area contributed by atoms with E-state index < -0.39 is 11.9 Å². The number of aryl methyl sites for hydroxylation is 1. The van der Waals surface area contributed by atoms with E-state index >= 15 is 0 Å². The fourth-order valence-electron chi connectivity index (χ4n) is 1.63. The monoisotopic (exact) mass is 236 g/mol. The number of carbonyl (C=O) groups excluding carboxylic acids is 3. The molecule has 0 radical (unpaired) electrons. The topological polar surface area (TPSA) is 93.1 Å². The second kappa shape index (κ2) is 4.36. The maximum absolute atomic E-state index is 11.6. The lowest BCUT2D eigenvalue weighted by Gasteiger charge is -2.08. The van der Waals surface area contributed by atoms with Crippen LogP contribution >= 0.6 is 0 Å². The zero-order chi connectivity index (χ0) is 12.4. The number of carbonyl (C=O) groups is 3. The Bertz CT molecular complexity index is 480. The molecule has 3 amide bonds. The van der Waals surface area contributed by atoms with E-state index in [1.54, 1.807) is 24.0 Å². The molecule has 0 saturated carbocycles. The number of nitrogens with zero attached hydrogens (tertiary/aromatic N) is 2. The van der Waals surface area contributed by atoms with E-state index in [1.807, 2.05) is 0 Å². The molecule has 17 heavy (non-hydrogen) atoms. The van der Waals surface area contributed by atoms with Gasteiger partial charge in [-0.25, -0.2) is 4.98 Å². The van der Waals surface area contributed by atoms with Crippen LogP contribution in [0.25, 0.3) is 0 Å². The van der Waals surface area contributed by atoms with Gasteiger partial charge < -0.3 is 9.88 Å². The molecule has 7 heteroatoms. The lowest BCUT2D eigenvalue weighted by Crippen LogP contribution is -2.41. The van der Waals surface area contributed by atoms with E-state index in [0.717, 1.165) is 0 Å². The van der Waals surface area contributed by atoms with Gasteiger partial charge in [0.2, 0.25) is 17.7 Å². The van der Waals surface area contributed by atoms with Gasteiger partial charge in [-0.05, 0) is 0 Å². The second-order valence-corrected chi connectivity index (χ2v) is 3.87. The molecular formula is C10H12N4O3. The molecule has 0 aliphatic carbocycles. The molecule has 1 fully saturated rings. The standard InChI is InChI=1S/C10H12N4O3/c1-14-3-2-11-7(14)5-9(16)12-6-4-8(15)13-10(6)17/h2-3,6H,4-5H2,1H3,(H,12,16)(H,13,15,17). The van der Waals surface area contributed by atoms with Crippen LogP contribution in [-0.4, -0.2) is 33.3 Å². The molecule has 1 aromatic heterocycles. The zero-order valence-electron chi connectivity index (χ0n) is 9.27. The van der Waals surface area contributed by atoms with Crippen LogP contribution in [0, 0.1) is 0 Å². The quantitative estimate of drug-likeness (QED) is 0.624. The first-order valence-electron chi connectivity index (χ1n) is 5.15. The number of amides is 3. The van der Waals surface area contributed by atoms with Gasteiger partial charge in [0.15, 0.2) is 0 Å². The highest BCUT2D eigenvalue weighted by atomic mass is 16.2. The summed E-state index contributed by atoms with van der Waals surface area (Å²) in [5, 5.41) is 4.63. The van der Waals surface area contributed by atoms with Crippen molar-refractivity contribution in [1.82, 2.24) is 20.2 Å². The van der Waals surface area contributed by atoms with Crippen molar-refractivity contribution in [2.45, 2.75) is 18.9 Å². The summed E-state index contributed by atoms with van der Waals surface area (Å²) in [7, 11) is 1.78. The van der Waals surface area contributed by atoms with Gasteiger partial charge in [-0.2, -0.15) is 0 Å². The molecule has 1 saturated heterocycles.